The molecule has 0 aromatic carbocycles. The van der Waals surface area contributed by atoms with E-state index in [1.54, 1.807) is 0 Å². The molecule has 0 aromatic rings. The Morgan fingerprint density at radius 3 is 2.64 bits per heavy atom. The molecule has 2 bridgehead atoms. The Kier molecular flexibility index (Phi) is 1.25. The van der Waals surface area contributed by atoms with Crippen LogP contribution in [0.25, 0.3) is 0 Å². The number of nitrogens with one attached hydrogen (secondary N) is 1. The van der Waals surface area contributed by atoms with E-state index in [4.69, 9.17) is 0 Å². The third-order valence-electron chi connectivity index (χ3n) is 2.34. The molecule has 1 N–H and O–H groups in total. The van der Waals surface area contributed by atoms with Gasteiger partial charge in [-0.2, -0.15) is 8.78 Å². The van der Waals surface area contributed by atoms with Crippen molar-refractivity contribution < 1.29 is 13.6 Å². The molecular formula is C7H7F2NO. The number of hydrogen-bond donors (Lipinski definition) is 1. The summed E-state index contributed by atoms with van der Waals surface area (Å²) in [7, 11) is 0. The monoisotopic (exact) mass is 159 g/mol. The van der Waals surface area contributed by atoms with E-state index < -0.39 is 6.08 Å². The maximum absolute atomic E-state index is 12.1. The van der Waals surface area contributed by atoms with Gasteiger partial charge in [-0.1, -0.05) is 0 Å². The molecule has 0 radical (unpaired) electrons. The van der Waals surface area contributed by atoms with Crippen molar-refractivity contribution in [3.63, 3.8) is 0 Å². The zero-order valence-corrected chi connectivity index (χ0v) is 5.73. The molecule has 2 fully saturated rings. The van der Waals surface area contributed by atoms with Gasteiger partial charge in [0.2, 0.25) is 5.91 Å². The summed E-state index contributed by atoms with van der Waals surface area (Å²) in [4.78, 5) is 10.8. The Morgan fingerprint density at radius 2 is 2.27 bits per heavy atom. The SMILES string of the molecule is O=C1N[C@H]2C[C@@H]1CC2=C(F)F. The van der Waals surface area contributed by atoms with Crippen LogP contribution in [0.3, 0.4) is 0 Å². The minimum Gasteiger partial charge on any atom is -0.349 e. The molecule has 1 saturated carbocycles. The predicted octanol–water partition coefficient (Wildman–Crippen LogP) is 1.05. The highest BCUT2D eigenvalue weighted by molar-refractivity contribution is 5.84. The van der Waals surface area contributed by atoms with E-state index in [-0.39, 0.29) is 29.9 Å². The van der Waals surface area contributed by atoms with Crippen molar-refractivity contribution in [1.82, 2.24) is 5.32 Å². The minimum atomic E-state index is -1.61. The summed E-state index contributed by atoms with van der Waals surface area (Å²) in [5, 5.41) is 2.51. The van der Waals surface area contributed by atoms with Crippen LogP contribution in [0.15, 0.2) is 11.7 Å². The van der Waals surface area contributed by atoms with Crippen LogP contribution in [0.5, 0.6) is 0 Å². The minimum absolute atomic E-state index is 0.0694. The van der Waals surface area contributed by atoms with Gasteiger partial charge in [-0.3, -0.25) is 4.79 Å². The Hall–Kier alpha value is -0.930. The van der Waals surface area contributed by atoms with Crippen LogP contribution in [-0.2, 0) is 4.79 Å². The molecule has 2 rings (SSSR count). The Morgan fingerprint density at radius 1 is 1.55 bits per heavy atom. The second-order valence-electron chi connectivity index (χ2n) is 2.98. The van der Waals surface area contributed by atoms with E-state index in [1.165, 1.54) is 0 Å². The number of fused-ring (bicyclic) bond motifs is 2. The molecule has 1 aliphatic carbocycles. The van der Waals surface area contributed by atoms with Gasteiger partial charge in [-0.25, -0.2) is 0 Å². The van der Waals surface area contributed by atoms with Crippen LogP contribution in [0, 0.1) is 5.92 Å². The van der Waals surface area contributed by atoms with E-state index in [0.717, 1.165) is 0 Å². The standard InChI is InChI=1S/C7H7F2NO/c8-6(9)4-1-3-2-5(4)10-7(3)11/h3,5H,1-2H2,(H,10,11)/t3-,5-/m0/s1. The summed E-state index contributed by atoms with van der Waals surface area (Å²) in [6.07, 6.45) is -0.790. The van der Waals surface area contributed by atoms with Crippen molar-refractivity contribution in [2.24, 2.45) is 5.92 Å². The van der Waals surface area contributed by atoms with Crippen LogP contribution in [0.1, 0.15) is 12.8 Å². The second-order valence-corrected chi connectivity index (χ2v) is 2.98. The highest BCUT2D eigenvalue weighted by Crippen LogP contribution is 2.38. The first-order valence-corrected chi connectivity index (χ1v) is 3.53. The average molecular weight is 159 g/mol. The summed E-state index contributed by atoms with van der Waals surface area (Å²) in [5.41, 5.74) is 0.134. The molecule has 60 valence electrons. The molecule has 1 amide bonds. The third kappa shape index (κ3) is 0.852. The molecule has 1 heterocycles. The van der Waals surface area contributed by atoms with Gasteiger partial charge in [0.25, 0.3) is 6.08 Å². The number of carbonyl (C=O) groups is 1. The largest absolute Gasteiger partial charge is 0.349 e. The van der Waals surface area contributed by atoms with Crippen molar-refractivity contribution in [2.45, 2.75) is 18.9 Å². The highest BCUT2D eigenvalue weighted by Gasteiger charge is 2.43. The smallest absolute Gasteiger partial charge is 0.271 e. The van der Waals surface area contributed by atoms with Crippen LogP contribution in [0.2, 0.25) is 0 Å². The number of halogens is 2. The zero-order chi connectivity index (χ0) is 8.01. The van der Waals surface area contributed by atoms with Crippen LogP contribution < -0.4 is 5.32 Å². The molecule has 11 heavy (non-hydrogen) atoms. The highest BCUT2D eigenvalue weighted by atomic mass is 19.3. The van der Waals surface area contributed by atoms with Gasteiger partial charge in [0.05, 0.1) is 6.04 Å². The van der Waals surface area contributed by atoms with Gasteiger partial charge in [0.15, 0.2) is 0 Å². The molecule has 1 aliphatic heterocycles. The molecule has 4 heteroatoms. The molecular weight excluding hydrogens is 152 g/mol. The van der Waals surface area contributed by atoms with E-state index in [9.17, 15) is 13.6 Å². The van der Waals surface area contributed by atoms with Gasteiger partial charge in [-0.05, 0) is 12.8 Å². The van der Waals surface area contributed by atoms with Crippen molar-refractivity contribution in [3.8, 4) is 0 Å². The third-order valence-corrected chi connectivity index (χ3v) is 2.34. The van der Waals surface area contributed by atoms with E-state index in [1.807, 2.05) is 0 Å². The van der Waals surface area contributed by atoms with E-state index >= 15 is 0 Å². The number of hydrogen-bond acceptors (Lipinski definition) is 1. The molecule has 2 nitrogen and oxygen atoms in total. The maximum Gasteiger partial charge on any atom is 0.271 e. The van der Waals surface area contributed by atoms with Gasteiger partial charge in [-0.15, -0.1) is 0 Å². The Labute approximate surface area is 62.3 Å². The predicted molar refractivity (Wildman–Crippen MR) is 33.9 cm³/mol. The van der Waals surface area contributed by atoms with Gasteiger partial charge >= 0.3 is 0 Å². The first kappa shape index (κ1) is 6.76. The fraction of sp³-hybridized carbons (Fsp3) is 0.571. The van der Waals surface area contributed by atoms with Gasteiger partial charge < -0.3 is 5.32 Å². The normalized spacial score (nSPS) is 34.4. The lowest BCUT2D eigenvalue weighted by Gasteiger charge is -2.12. The Bertz CT molecular complexity index is 245. The molecule has 0 aromatic heterocycles. The van der Waals surface area contributed by atoms with Crippen molar-refractivity contribution in [1.29, 1.82) is 0 Å². The number of piperidine rings is 1. The van der Waals surface area contributed by atoms with E-state index in [0.29, 0.717) is 6.42 Å². The van der Waals surface area contributed by atoms with Crippen LogP contribution >= 0.6 is 0 Å². The molecule has 2 atom stereocenters. The lowest BCUT2D eigenvalue weighted by molar-refractivity contribution is -0.123. The quantitative estimate of drug-likeness (QED) is 0.562. The molecule has 1 saturated heterocycles. The number of carbonyl (C=O) groups excluding carboxylic acids is 1. The fourth-order valence-corrected chi connectivity index (χ4v) is 1.76. The number of amides is 1. The zero-order valence-electron chi connectivity index (χ0n) is 5.73. The number of rotatable bonds is 0. The summed E-state index contributed by atoms with van der Waals surface area (Å²) in [5.74, 6) is -0.253. The Balaban J connectivity index is 2.27. The summed E-state index contributed by atoms with van der Waals surface area (Å²) >= 11 is 0. The second kappa shape index (κ2) is 2.03. The maximum atomic E-state index is 12.1. The van der Waals surface area contributed by atoms with Gasteiger partial charge in [0, 0.05) is 11.5 Å². The summed E-state index contributed by atoms with van der Waals surface area (Å²) < 4.78 is 24.1. The van der Waals surface area contributed by atoms with Crippen molar-refractivity contribution in [3.05, 3.63) is 11.7 Å². The fourth-order valence-electron chi connectivity index (χ4n) is 1.76. The van der Waals surface area contributed by atoms with Gasteiger partial charge in [0.1, 0.15) is 0 Å². The molecule has 0 spiro atoms. The van der Waals surface area contributed by atoms with Crippen LogP contribution in [0.4, 0.5) is 8.78 Å². The summed E-state index contributed by atoms with van der Waals surface area (Å²) in [6.45, 7) is 0. The molecule has 2 aliphatic rings. The molecule has 0 unspecified atom stereocenters. The van der Waals surface area contributed by atoms with Crippen LogP contribution in [-0.4, -0.2) is 11.9 Å². The van der Waals surface area contributed by atoms with Crippen molar-refractivity contribution in [2.75, 3.05) is 0 Å². The first-order valence-electron chi connectivity index (χ1n) is 3.53. The first-order chi connectivity index (χ1) is 5.18. The lowest BCUT2D eigenvalue weighted by Crippen LogP contribution is -2.32. The topological polar surface area (TPSA) is 29.1 Å². The average Bonchev–Trinajstić information content (AvgIpc) is 2.43. The lowest BCUT2D eigenvalue weighted by atomic mass is 10.1. The van der Waals surface area contributed by atoms with Crippen molar-refractivity contribution >= 4 is 5.91 Å². The summed E-state index contributed by atoms with van der Waals surface area (Å²) in [6, 6.07) is -0.363. The van der Waals surface area contributed by atoms with E-state index in [2.05, 4.69) is 5.32 Å².